The lowest BCUT2D eigenvalue weighted by Crippen LogP contribution is -2.40. The van der Waals surface area contributed by atoms with Crippen molar-refractivity contribution in [3.63, 3.8) is 0 Å². The number of ketones is 1. The standard InChI is InChI=1S/C15H19BrN2O2/c1-15(14(20)17-2)7-8-18(10-15)9-13(19)11-3-5-12(16)6-4-11/h3-6H,7-10H2,1-2H3,(H,17,20). The van der Waals surface area contributed by atoms with Crippen molar-refractivity contribution in [2.75, 3.05) is 26.7 Å². The molecule has 1 saturated heterocycles. The van der Waals surface area contributed by atoms with Gasteiger partial charge in [0, 0.05) is 23.6 Å². The highest BCUT2D eigenvalue weighted by atomic mass is 79.9. The predicted octanol–water partition coefficient (Wildman–Crippen LogP) is 2.09. The molecule has 1 aliphatic heterocycles. The second kappa shape index (κ2) is 6.06. The van der Waals surface area contributed by atoms with Gasteiger partial charge in [0.2, 0.25) is 5.91 Å². The van der Waals surface area contributed by atoms with Gasteiger partial charge in [-0.2, -0.15) is 0 Å². The van der Waals surface area contributed by atoms with Crippen LogP contribution in [0.25, 0.3) is 0 Å². The minimum absolute atomic E-state index is 0.0519. The zero-order valence-corrected chi connectivity index (χ0v) is 13.4. The van der Waals surface area contributed by atoms with Crippen LogP contribution in [0.3, 0.4) is 0 Å². The average Bonchev–Trinajstić information content (AvgIpc) is 2.81. The van der Waals surface area contributed by atoms with Crippen molar-refractivity contribution in [3.8, 4) is 0 Å². The van der Waals surface area contributed by atoms with Crippen molar-refractivity contribution in [3.05, 3.63) is 34.3 Å². The van der Waals surface area contributed by atoms with Crippen LogP contribution in [-0.4, -0.2) is 43.3 Å². The van der Waals surface area contributed by atoms with Gasteiger partial charge in [-0.25, -0.2) is 0 Å². The second-order valence-corrected chi connectivity index (χ2v) is 6.45. The van der Waals surface area contributed by atoms with Crippen LogP contribution in [0.2, 0.25) is 0 Å². The summed E-state index contributed by atoms with van der Waals surface area (Å²) in [6.07, 6.45) is 0.792. The molecule has 1 atom stereocenters. The Kier molecular flexibility index (Phi) is 4.60. The molecule has 0 aromatic heterocycles. The Hall–Kier alpha value is -1.20. The lowest BCUT2D eigenvalue weighted by atomic mass is 9.89. The monoisotopic (exact) mass is 338 g/mol. The Bertz CT molecular complexity index is 515. The number of Topliss-reactive ketones (excluding diaryl/α,β-unsaturated/α-hetero) is 1. The molecular formula is C15H19BrN2O2. The summed E-state index contributed by atoms with van der Waals surface area (Å²) in [6, 6.07) is 7.37. The van der Waals surface area contributed by atoms with E-state index in [-0.39, 0.29) is 17.1 Å². The van der Waals surface area contributed by atoms with Crippen LogP contribution < -0.4 is 5.32 Å². The van der Waals surface area contributed by atoms with Crippen LogP contribution in [0.5, 0.6) is 0 Å². The lowest BCUT2D eigenvalue weighted by Gasteiger charge is -2.22. The van der Waals surface area contributed by atoms with Crippen LogP contribution in [0.15, 0.2) is 28.7 Å². The molecule has 1 heterocycles. The molecule has 1 aliphatic rings. The molecule has 0 spiro atoms. The number of halogens is 1. The highest BCUT2D eigenvalue weighted by molar-refractivity contribution is 9.10. The number of hydrogen-bond donors (Lipinski definition) is 1. The first kappa shape index (κ1) is 15.2. The molecule has 5 heteroatoms. The van der Waals surface area contributed by atoms with Crippen LogP contribution in [0.4, 0.5) is 0 Å². The molecule has 1 aromatic carbocycles. The van der Waals surface area contributed by atoms with E-state index >= 15 is 0 Å². The largest absolute Gasteiger partial charge is 0.359 e. The molecule has 0 radical (unpaired) electrons. The third kappa shape index (κ3) is 3.27. The zero-order valence-electron chi connectivity index (χ0n) is 11.8. The van der Waals surface area contributed by atoms with Gasteiger partial charge >= 0.3 is 0 Å². The SMILES string of the molecule is CNC(=O)C1(C)CCN(CC(=O)c2ccc(Br)cc2)C1. The number of nitrogens with one attached hydrogen (secondary N) is 1. The Morgan fingerprint density at radius 2 is 2.00 bits per heavy atom. The smallest absolute Gasteiger partial charge is 0.227 e. The molecule has 4 nitrogen and oxygen atoms in total. The van der Waals surface area contributed by atoms with E-state index in [0.717, 1.165) is 17.4 Å². The number of benzene rings is 1. The number of hydrogen-bond acceptors (Lipinski definition) is 3. The van der Waals surface area contributed by atoms with E-state index in [2.05, 4.69) is 26.1 Å². The fourth-order valence-corrected chi connectivity index (χ4v) is 2.87. The summed E-state index contributed by atoms with van der Waals surface area (Å²) < 4.78 is 0.961. The van der Waals surface area contributed by atoms with Crippen molar-refractivity contribution in [2.24, 2.45) is 5.41 Å². The molecule has 1 amide bonds. The van der Waals surface area contributed by atoms with E-state index < -0.39 is 0 Å². The molecular weight excluding hydrogens is 320 g/mol. The first-order chi connectivity index (χ1) is 9.44. The zero-order chi connectivity index (χ0) is 14.8. The third-order valence-electron chi connectivity index (χ3n) is 3.86. The van der Waals surface area contributed by atoms with Gasteiger partial charge < -0.3 is 5.32 Å². The van der Waals surface area contributed by atoms with Crippen molar-refractivity contribution >= 4 is 27.6 Å². The summed E-state index contributed by atoms with van der Waals surface area (Å²) in [4.78, 5) is 26.1. The molecule has 1 aromatic rings. The van der Waals surface area contributed by atoms with Gasteiger partial charge in [-0.1, -0.05) is 28.1 Å². The van der Waals surface area contributed by atoms with E-state index in [0.29, 0.717) is 18.7 Å². The molecule has 2 rings (SSSR count). The van der Waals surface area contributed by atoms with Gasteiger partial charge in [-0.15, -0.1) is 0 Å². The minimum atomic E-state index is -0.380. The molecule has 0 bridgehead atoms. The minimum Gasteiger partial charge on any atom is -0.359 e. The van der Waals surface area contributed by atoms with E-state index in [1.807, 2.05) is 31.2 Å². The van der Waals surface area contributed by atoms with Crippen LogP contribution in [0, 0.1) is 5.41 Å². The first-order valence-electron chi connectivity index (χ1n) is 6.68. The predicted molar refractivity (Wildman–Crippen MR) is 81.7 cm³/mol. The van der Waals surface area contributed by atoms with Gasteiger partial charge in [-0.3, -0.25) is 14.5 Å². The number of likely N-dealkylation sites (tertiary alicyclic amines) is 1. The molecule has 1 fully saturated rings. The van der Waals surface area contributed by atoms with Crippen molar-refractivity contribution in [1.82, 2.24) is 10.2 Å². The van der Waals surface area contributed by atoms with E-state index in [9.17, 15) is 9.59 Å². The van der Waals surface area contributed by atoms with Crippen molar-refractivity contribution in [1.29, 1.82) is 0 Å². The number of carbonyl (C=O) groups excluding carboxylic acids is 2. The highest BCUT2D eigenvalue weighted by Gasteiger charge is 2.40. The Morgan fingerprint density at radius 3 is 2.60 bits per heavy atom. The third-order valence-corrected chi connectivity index (χ3v) is 4.39. The quantitative estimate of drug-likeness (QED) is 0.855. The molecule has 108 valence electrons. The normalized spacial score (nSPS) is 22.8. The lowest BCUT2D eigenvalue weighted by molar-refractivity contribution is -0.129. The summed E-state index contributed by atoms with van der Waals surface area (Å²) in [6.45, 7) is 3.74. The number of amides is 1. The average molecular weight is 339 g/mol. The second-order valence-electron chi connectivity index (χ2n) is 5.53. The maximum Gasteiger partial charge on any atom is 0.227 e. The van der Waals surface area contributed by atoms with Gasteiger partial charge in [0.05, 0.1) is 12.0 Å². The molecule has 1 unspecified atom stereocenters. The number of nitrogens with zero attached hydrogens (tertiary/aromatic N) is 1. The number of rotatable bonds is 4. The van der Waals surface area contributed by atoms with Crippen LogP contribution in [-0.2, 0) is 4.79 Å². The van der Waals surface area contributed by atoms with Crippen molar-refractivity contribution < 1.29 is 9.59 Å². The Labute approximate surface area is 127 Å². The van der Waals surface area contributed by atoms with Crippen LogP contribution >= 0.6 is 15.9 Å². The molecule has 20 heavy (non-hydrogen) atoms. The van der Waals surface area contributed by atoms with E-state index in [1.54, 1.807) is 7.05 Å². The van der Waals surface area contributed by atoms with Gasteiger partial charge in [0.25, 0.3) is 0 Å². The van der Waals surface area contributed by atoms with Crippen LogP contribution in [0.1, 0.15) is 23.7 Å². The fraction of sp³-hybridized carbons (Fsp3) is 0.467. The first-order valence-corrected chi connectivity index (χ1v) is 7.47. The van der Waals surface area contributed by atoms with Gasteiger partial charge in [0.1, 0.15) is 0 Å². The summed E-state index contributed by atoms with van der Waals surface area (Å²) in [7, 11) is 1.66. The van der Waals surface area contributed by atoms with E-state index in [4.69, 9.17) is 0 Å². The highest BCUT2D eigenvalue weighted by Crippen LogP contribution is 2.30. The molecule has 0 aliphatic carbocycles. The molecule has 0 saturated carbocycles. The molecule has 1 N–H and O–H groups in total. The van der Waals surface area contributed by atoms with Gasteiger partial charge in [-0.05, 0) is 32.0 Å². The van der Waals surface area contributed by atoms with Crippen molar-refractivity contribution in [2.45, 2.75) is 13.3 Å². The van der Waals surface area contributed by atoms with E-state index in [1.165, 1.54) is 0 Å². The summed E-state index contributed by atoms with van der Waals surface area (Å²) >= 11 is 3.36. The van der Waals surface area contributed by atoms with Gasteiger partial charge in [0.15, 0.2) is 5.78 Å². The maximum absolute atomic E-state index is 12.2. The topological polar surface area (TPSA) is 49.4 Å². The fourth-order valence-electron chi connectivity index (χ4n) is 2.61. The number of carbonyl (C=O) groups is 2. The Morgan fingerprint density at radius 1 is 1.35 bits per heavy atom. The summed E-state index contributed by atoms with van der Waals surface area (Å²) in [5.74, 6) is 0.148. The summed E-state index contributed by atoms with van der Waals surface area (Å²) in [5.41, 5.74) is 0.330. The Balaban J connectivity index is 1.97. The summed E-state index contributed by atoms with van der Waals surface area (Å²) in [5, 5.41) is 2.70. The maximum atomic E-state index is 12.2.